The summed E-state index contributed by atoms with van der Waals surface area (Å²) in [5.74, 6) is -0.0669. The highest BCUT2D eigenvalue weighted by atomic mass is 79.9. The number of carbonyl (C=O) groups excluding carboxylic acids is 1. The summed E-state index contributed by atoms with van der Waals surface area (Å²) in [7, 11) is 0. The molecule has 1 atom stereocenters. The van der Waals surface area contributed by atoms with Gasteiger partial charge >= 0.3 is 0 Å². The molecule has 2 aromatic rings. The zero-order valence-corrected chi connectivity index (χ0v) is 13.8. The minimum absolute atomic E-state index is 0.0662. The highest BCUT2D eigenvalue weighted by molar-refractivity contribution is 9.10. The maximum Gasteiger partial charge on any atom is 0.251 e. The number of amides is 1. The van der Waals surface area contributed by atoms with Gasteiger partial charge in [-0.25, -0.2) is 0 Å². The Labute approximate surface area is 133 Å². The number of aryl methyl sites for hydroxylation is 1. The fraction of sp³-hybridized carbons (Fsp3) is 0.235. The molecule has 0 aliphatic rings. The highest BCUT2D eigenvalue weighted by Gasteiger charge is 2.11. The van der Waals surface area contributed by atoms with Crippen LogP contribution in [0.1, 0.15) is 28.4 Å². The van der Waals surface area contributed by atoms with Crippen LogP contribution in [0.2, 0.25) is 0 Å². The third kappa shape index (κ3) is 4.33. The molecule has 3 nitrogen and oxygen atoms in total. The number of rotatable bonds is 4. The summed E-state index contributed by atoms with van der Waals surface area (Å²) in [5.41, 5.74) is 9.23. The molecule has 110 valence electrons. The average molecular weight is 347 g/mol. The molecule has 0 spiro atoms. The van der Waals surface area contributed by atoms with Crippen LogP contribution in [-0.4, -0.2) is 11.9 Å². The molecule has 21 heavy (non-hydrogen) atoms. The summed E-state index contributed by atoms with van der Waals surface area (Å²) < 4.78 is 1.06. The summed E-state index contributed by atoms with van der Waals surface area (Å²) in [4.78, 5) is 12.2. The molecule has 4 heteroatoms. The van der Waals surface area contributed by atoms with Gasteiger partial charge in [0.1, 0.15) is 0 Å². The minimum atomic E-state index is -0.0669. The van der Waals surface area contributed by atoms with Crippen molar-refractivity contribution in [2.75, 3.05) is 5.73 Å². The molecule has 0 aliphatic heterocycles. The van der Waals surface area contributed by atoms with Gasteiger partial charge in [0, 0.05) is 21.8 Å². The Kier molecular flexibility index (Phi) is 5.02. The van der Waals surface area contributed by atoms with Crippen molar-refractivity contribution in [2.45, 2.75) is 26.3 Å². The summed E-state index contributed by atoms with van der Waals surface area (Å²) in [6.07, 6.45) is 0.799. The molecular formula is C17H19BrN2O. The van der Waals surface area contributed by atoms with Crippen molar-refractivity contribution >= 4 is 27.5 Å². The number of anilines is 1. The molecule has 0 fully saturated rings. The van der Waals surface area contributed by atoms with Gasteiger partial charge in [-0.05, 0) is 61.7 Å². The average Bonchev–Trinajstić information content (AvgIpc) is 2.44. The van der Waals surface area contributed by atoms with Gasteiger partial charge < -0.3 is 11.1 Å². The predicted molar refractivity (Wildman–Crippen MR) is 90.4 cm³/mol. The Hall–Kier alpha value is -1.81. The lowest BCUT2D eigenvalue weighted by Crippen LogP contribution is -2.34. The van der Waals surface area contributed by atoms with Crippen LogP contribution in [0.5, 0.6) is 0 Å². The second kappa shape index (κ2) is 6.76. The van der Waals surface area contributed by atoms with Crippen LogP contribution in [0.15, 0.2) is 46.9 Å². The van der Waals surface area contributed by atoms with Gasteiger partial charge in [0.2, 0.25) is 0 Å². The van der Waals surface area contributed by atoms with E-state index in [0.717, 1.165) is 16.5 Å². The Morgan fingerprint density at radius 3 is 2.52 bits per heavy atom. The molecule has 1 unspecified atom stereocenters. The van der Waals surface area contributed by atoms with Crippen molar-refractivity contribution in [3.8, 4) is 0 Å². The van der Waals surface area contributed by atoms with E-state index in [1.165, 1.54) is 5.56 Å². The maximum atomic E-state index is 12.2. The van der Waals surface area contributed by atoms with Crippen molar-refractivity contribution in [1.29, 1.82) is 0 Å². The third-order valence-corrected chi connectivity index (χ3v) is 3.89. The number of benzene rings is 2. The van der Waals surface area contributed by atoms with Crippen molar-refractivity contribution < 1.29 is 4.79 Å². The Morgan fingerprint density at radius 1 is 1.24 bits per heavy atom. The van der Waals surface area contributed by atoms with Gasteiger partial charge in [0.05, 0.1) is 0 Å². The first-order valence-corrected chi connectivity index (χ1v) is 7.66. The van der Waals surface area contributed by atoms with Crippen molar-refractivity contribution in [2.24, 2.45) is 0 Å². The second-order valence-corrected chi connectivity index (χ2v) is 6.19. The lowest BCUT2D eigenvalue weighted by atomic mass is 10.1. The molecule has 0 saturated carbocycles. The van der Waals surface area contributed by atoms with Crippen LogP contribution in [0.3, 0.4) is 0 Å². The first-order valence-electron chi connectivity index (χ1n) is 6.87. The molecule has 0 heterocycles. The molecular weight excluding hydrogens is 328 g/mol. The van der Waals surface area contributed by atoms with Crippen LogP contribution in [0.25, 0.3) is 0 Å². The predicted octanol–water partition coefficient (Wildman–Crippen LogP) is 3.70. The van der Waals surface area contributed by atoms with E-state index in [9.17, 15) is 4.79 Å². The summed E-state index contributed by atoms with van der Waals surface area (Å²) in [6, 6.07) is 13.5. The first kappa shape index (κ1) is 15.6. The van der Waals surface area contributed by atoms with E-state index < -0.39 is 0 Å². The van der Waals surface area contributed by atoms with Crippen molar-refractivity contribution in [3.63, 3.8) is 0 Å². The van der Waals surface area contributed by atoms with Crippen LogP contribution in [-0.2, 0) is 6.42 Å². The summed E-state index contributed by atoms with van der Waals surface area (Å²) >= 11 is 3.42. The smallest absolute Gasteiger partial charge is 0.251 e. The molecule has 2 aromatic carbocycles. The molecule has 0 aliphatic carbocycles. The van der Waals surface area contributed by atoms with E-state index in [4.69, 9.17) is 5.73 Å². The Morgan fingerprint density at radius 2 is 1.90 bits per heavy atom. The Bertz CT molecular complexity index is 638. The number of nitrogen functional groups attached to an aromatic ring is 1. The van der Waals surface area contributed by atoms with E-state index in [1.54, 1.807) is 12.1 Å². The maximum absolute atomic E-state index is 12.2. The van der Waals surface area contributed by atoms with Crippen LogP contribution >= 0.6 is 15.9 Å². The van der Waals surface area contributed by atoms with Gasteiger partial charge in [-0.15, -0.1) is 0 Å². The number of hydrogen-bond acceptors (Lipinski definition) is 2. The number of hydrogen-bond donors (Lipinski definition) is 2. The lowest BCUT2D eigenvalue weighted by Gasteiger charge is -2.14. The zero-order chi connectivity index (χ0) is 15.4. The molecule has 1 amide bonds. The quantitative estimate of drug-likeness (QED) is 0.829. The highest BCUT2D eigenvalue weighted by Crippen LogP contribution is 2.14. The normalized spacial score (nSPS) is 12.0. The molecule has 0 aromatic heterocycles. The third-order valence-electron chi connectivity index (χ3n) is 3.36. The number of nitrogens with two attached hydrogens (primary N) is 1. The first-order chi connectivity index (χ1) is 9.95. The second-order valence-electron chi connectivity index (χ2n) is 5.28. The molecule has 0 bridgehead atoms. The van der Waals surface area contributed by atoms with Crippen molar-refractivity contribution in [3.05, 3.63) is 63.6 Å². The van der Waals surface area contributed by atoms with Gasteiger partial charge in [0.25, 0.3) is 5.91 Å². The summed E-state index contributed by atoms with van der Waals surface area (Å²) in [6.45, 7) is 3.90. The number of nitrogens with one attached hydrogen (secondary N) is 1. The van der Waals surface area contributed by atoms with Gasteiger partial charge in [-0.1, -0.05) is 28.1 Å². The van der Waals surface area contributed by atoms with E-state index in [0.29, 0.717) is 11.3 Å². The largest absolute Gasteiger partial charge is 0.399 e. The molecule has 2 rings (SSSR count). The van der Waals surface area contributed by atoms with E-state index in [1.807, 2.05) is 32.0 Å². The standard InChI is InChI=1S/C17H19BrN2O/c1-11-9-14(5-8-16(11)19)17(21)20-12(2)10-13-3-6-15(18)7-4-13/h3-9,12H,10,19H2,1-2H3,(H,20,21). The summed E-state index contributed by atoms with van der Waals surface area (Å²) in [5, 5.41) is 3.01. The minimum Gasteiger partial charge on any atom is -0.399 e. The molecule has 3 N–H and O–H groups in total. The number of carbonyl (C=O) groups is 1. The monoisotopic (exact) mass is 346 g/mol. The lowest BCUT2D eigenvalue weighted by molar-refractivity contribution is 0.0940. The van der Waals surface area contributed by atoms with Crippen LogP contribution in [0.4, 0.5) is 5.69 Å². The van der Waals surface area contributed by atoms with E-state index in [2.05, 4.69) is 33.4 Å². The zero-order valence-electron chi connectivity index (χ0n) is 12.2. The Balaban J connectivity index is 1.98. The van der Waals surface area contributed by atoms with Crippen molar-refractivity contribution in [1.82, 2.24) is 5.32 Å². The van der Waals surface area contributed by atoms with Crippen LogP contribution < -0.4 is 11.1 Å². The fourth-order valence-electron chi connectivity index (χ4n) is 2.15. The van der Waals surface area contributed by atoms with E-state index >= 15 is 0 Å². The fourth-order valence-corrected chi connectivity index (χ4v) is 2.41. The van der Waals surface area contributed by atoms with Gasteiger partial charge in [0.15, 0.2) is 0 Å². The molecule has 0 radical (unpaired) electrons. The number of halogens is 1. The molecule has 0 saturated heterocycles. The topological polar surface area (TPSA) is 55.1 Å². The van der Waals surface area contributed by atoms with Gasteiger partial charge in [-0.2, -0.15) is 0 Å². The van der Waals surface area contributed by atoms with Gasteiger partial charge in [-0.3, -0.25) is 4.79 Å². The van der Waals surface area contributed by atoms with E-state index in [-0.39, 0.29) is 11.9 Å². The SMILES string of the molecule is Cc1cc(C(=O)NC(C)Cc2ccc(Br)cc2)ccc1N. The van der Waals surface area contributed by atoms with Crippen LogP contribution in [0, 0.1) is 6.92 Å².